The minimum absolute atomic E-state index is 0.0366. The van der Waals surface area contributed by atoms with Crippen molar-refractivity contribution in [2.24, 2.45) is 5.92 Å². The number of hydrogen-bond acceptors (Lipinski definition) is 5. The summed E-state index contributed by atoms with van der Waals surface area (Å²) in [6.07, 6.45) is 0.0366. The second-order valence-corrected chi connectivity index (χ2v) is 8.72. The van der Waals surface area contributed by atoms with Crippen molar-refractivity contribution in [1.82, 2.24) is 0 Å². The molecule has 6 nitrogen and oxygen atoms in total. The number of amides is 1. The predicted molar refractivity (Wildman–Crippen MR) is 130 cm³/mol. The molecule has 1 atom stereocenters. The fourth-order valence-electron chi connectivity index (χ4n) is 3.70. The lowest BCUT2D eigenvalue weighted by molar-refractivity contribution is -0.147. The zero-order valence-corrected chi connectivity index (χ0v) is 19.7. The molecule has 1 heterocycles. The van der Waals surface area contributed by atoms with Crippen LogP contribution >= 0.6 is 11.6 Å². The number of carbonyl (C=O) groups excluding carboxylic acids is 3. The van der Waals surface area contributed by atoms with E-state index < -0.39 is 11.9 Å². The molecule has 0 N–H and O–H groups in total. The summed E-state index contributed by atoms with van der Waals surface area (Å²) in [6, 6.07) is 19.4. The van der Waals surface area contributed by atoms with Crippen LogP contribution in [0.3, 0.4) is 0 Å². The van der Waals surface area contributed by atoms with Gasteiger partial charge in [0.2, 0.25) is 5.91 Å². The second kappa shape index (κ2) is 10.1. The van der Waals surface area contributed by atoms with E-state index in [2.05, 4.69) is 0 Å². The molecule has 1 fully saturated rings. The number of benzene rings is 3. The first-order valence-electron chi connectivity index (χ1n) is 10.9. The number of esters is 1. The largest absolute Gasteiger partial charge is 0.457 e. The van der Waals surface area contributed by atoms with Crippen LogP contribution in [0.25, 0.3) is 0 Å². The summed E-state index contributed by atoms with van der Waals surface area (Å²) in [6.45, 7) is 3.89. The number of ether oxygens (including phenoxy) is 2. The Kier molecular flexibility index (Phi) is 6.98. The number of aryl methyl sites for hydroxylation is 2. The Balaban J connectivity index is 1.33. The summed E-state index contributed by atoms with van der Waals surface area (Å²) in [5.74, 6) is -0.302. The standard InChI is InChI=1S/C27H24ClNO5/c1-17-3-10-24(13-18(17)2)34-23-11-8-22(9-12-23)29-15-20(14-26(29)31)27(32)33-16-25(30)19-4-6-21(28)7-5-19/h3-13,20H,14-16H2,1-2H3/t20-/m1/s1. The molecule has 3 aromatic carbocycles. The molecule has 0 radical (unpaired) electrons. The van der Waals surface area contributed by atoms with E-state index in [0.717, 1.165) is 11.3 Å². The SMILES string of the molecule is Cc1ccc(Oc2ccc(N3C[C@H](C(=O)OCC(=O)c4ccc(Cl)cc4)CC3=O)cc2)cc1C. The third-order valence-corrected chi connectivity index (χ3v) is 6.08. The zero-order chi connectivity index (χ0) is 24.2. The van der Waals surface area contributed by atoms with Crippen molar-refractivity contribution in [3.8, 4) is 11.5 Å². The molecule has 4 rings (SSSR count). The molecule has 1 amide bonds. The number of rotatable bonds is 7. The van der Waals surface area contributed by atoms with Crippen molar-refractivity contribution in [2.75, 3.05) is 18.1 Å². The Bertz CT molecular complexity index is 1220. The summed E-state index contributed by atoms with van der Waals surface area (Å²) < 4.78 is 11.1. The van der Waals surface area contributed by atoms with E-state index in [0.29, 0.717) is 22.0 Å². The fourth-order valence-corrected chi connectivity index (χ4v) is 3.82. The first-order chi connectivity index (χ1) is 16.3. The van der Waals surface area contributed by atoms with Gasteiger partial charge in [-0.1, -0.05) is 17.7 Å². The lowest BCUT2D eigenvalue weighted by Gasteiger charge is -2.17. The van der Waals surface area contributed by atoms with Gasteiger partial charge in [-0.05, 0) is 85.6 Å². The van der Waals surface area contributed by atoms with Crippen LogP contribution in [0.2, 0.25) is 5.02 Å². The number of ketones is 1. The lowest BCUT2D eigenvalue weighted by Crippen LogP contribution is -2.27. The van der Waals surface area contributed by atoms with Crippen LogP contribution in [0.15, 0.2) is 66.7 Å². The molecule has 0 saturated carbocycles. The van der Waals surface area contributed by atoms with Gasteiger partial charge in [0, 0.05) is 29.2 Å². The maximum absolute atomic E-state index is 12.5. The highest BCUT2D eigenvalue weighted by molar-refractivity contribution is 6.30. The summed E-state index contributed by atoms with van der Waals surface area (Å²) in [5.41, 5.74) is 3.41. The predicted octanol–water partition coefficient (Wildman–Crippen LogP) is 5.53. The van der Waals surface area contributed by atoms with Crippen LogP contribution < -0.4 is 9.64 Å². The van der Waals surface area contributed by atoms with Crippen molar-refractivity contribution >= 4 is 34.9 Å². The van der Waals surface area contributed by atoms with E-state index in [1.807, 2.05) is 32.0 Å². The molecule has 7 heteroatoms. The van der Waals surface area contributed by atoms with E-state index in [1.54, 1.807) is 53.4 Å². The molecule has 0 spiro atoms. The number of nitrogens with zero attached hydrogens (tertiary/aromatic N) is 1. The minimum Gasteiger partial charge on any atom is -0.457 e. The van der Waals surface area contributed by atoms with Crippen LogP contribution in [0.1, 0.15) is 27.9 Å². The van der Waals surface area contributed by atoms with Crippen molar-refractivity contribution in [1.29, 1.82) is 0 Å². The topological polar surface area (TPSA) is 72.9 Å². The van der Waals surface area contributed by atoms with Gasteiger partial charge in [-0.25, -0.2) is 0 Å². The van der Waals surface area contributed by atoms with Gasteiger partial charge in [-0.15, -0.1) is 0 Å². The van der Waals surface area contributed by atoms with Crippen molar-refractivity contribution in [3.63, 3.8) is 0 Å². The smallest absolute Gasteiger partial charge is 0.311 e. The maximum atomic E-state index is 12.5. The number of anilines is 1. The van der Waals surface area contributed by atoms with Gasteiger partial charge in [-0.2, -0.15) is 0 Å². The molecule has 34 heavy (non-hydrogen) atoms. The lowest BCUT2D eigenvalue weighted by atomic mass is 10.1. The Morgan fingerprint density at radius 2 is 1.62 bits per heavy atom. The summed E-state index contributed by atoms with van der Waals surface area (Å²) in [5, 5.41) is 0.517. The summed E-state index contributed by atoms with van der Waals surface area (Å²) >= 11 is 5.82. The van der Waals surface area contributed by atoms with Gasteiger partial charge < -0.3 is 14.4 Å². The molecule has 174 valence electrons. The quantitative estimate of drug-likeness (QED) is 0.330. The molecule has 1 aliphatic heterocycles. The van der Waals surface area contributed by atoms with Crippen molar-refractivity contribution in [2.45, 2.75) is 20.3 Å². The van der Waals surface area contributed by atoms with Gasteiger partial charge in [0.1, 0.15) is 11.5 Å². The van der Waals surface area contributed by atoms with Gasteiger partial charge in [0.15, 0.2) is 12.4 Å². The van der Waals surface area contributed by atoms with Gasteiger partial charge in [0.05, 0.1) is 5.92 Å². The van der Waals surface area contributed by atoms with Gasteiger partial charge >= 0.3 is 5.97 Å². The first-order valence-corrected chi connectivity index (χ1v) is 11.3. The number of hydrogen-bond donors (Lipinski definition) is 0. The average molecular weight is 478 g/mol. The van der Waals surface area contributed by atoms with Crippen LogP contribution in [0.4, 0.5) is 5.69 Å². The molecule has 1 aliphatic rings. The van der Waals surface area contributed by atoms with Crippen molar-refractivity contribution < 1.29 is 23.9 Å². The molecular weight excluding hydrogens is 454 g/mol. The molecular formula is C27H24ClNO5. The van der Waals surface area contributed by atoms with Gasteiger partial charge in [0.25, 0.3) is 0 Å². The van der Waals surface area contributed by atoms with Crippen LogP contribution in [0.5, 0.6) is 11.5 Å². The van der Waals surface area contributed by atoms with E-state index in [9.17, 15) is 14.4 Å². The highest BCUT2D eigenvalue weighted by Gasteiger charge is 2.36. The average Bonchev–Trinajstić information content (AvgIpc) is 3.22. The Morgan fingerprint density at radius 3 is 2.29 bits per heavy atom. The molecule has 0 unspecified atom stereocenters. The molecule has 1 saturated heterocycles. The summed E-state index contributed by atoms with van der Waals surface area (Å²) in [4.78, 5) is 38.8. The molecule has 0 aliphatic carbocycles. The third-order valence-electron chi connectivity index (χ3n) is 5.83. The number of Topliss-reactive ketones (excluding diaryl/α,β-unsaturated/α-hetero) is 1. The summed E-state index contributed by atoms with van der Waals surface area (Å²) in [7, 11) is 0. The van der Waals surface area contributed by atoms with Crippen LogP contribution in [0, 0.1) is 19.8 Å². The highest BCUT2D eigenvalue weighted by Crippen LogP contribution is 2.29. The molecule has 0 aromatic heterocycles. The van der Waals surface area contributed by atoms with E-state index >= 15 is 0 Å². The number of halogens is 1. The second-order valence-electron chi connectivity index (χ2n) is 8.29. The van der Waals surface area contributed by atoms with E-state index in [4.69, 9.17) is 21.1 Å². The zero-order valence-electron chi connectivity index (χ0n) is 18.9. The van der Waals surface area contributed by atoms with Crippen molar-refractivity contribution in [3.05, 3.63) is 88.4 Å². The van der Waals surface area contributed by atoms with Gasteiger partial charge in [-0.3, -0.25) is 14.4 Å². The molecule has 3 aromatic rings. The van der Waals surface area contributed by atoms with Crippen LogP contribution in [-0.2, 0) is 14.3 Å². The highest BCUT2D eigenvalue weighted by atomic mass is 35.5. The fraction of sp³-hybridized carbons (Fsp3) is 0.222. The van der Waals surface area contributed by atoms with Crippen LogP contribution in [-0.4, -0.2) is 30.8 Å². The first kappa shape index (κ1) is 23.5. The minimum atomic E-state index is -0.628. The maximum Gasteiger partial charge on any atom is 0.311 e. The molecule has 0 bridgehead atoms. The van der Waals surface area contributed by atoms with E-state index in [1.165, 1.54) is 5.56 Å². The number of carbonyl (C=O) groups is 3. The normalized spacial score (nSPS) is 15.3. The third kappa shape index (κ3) is 5.46. The van der Waals surface area contributed by atoms with E-state index in [-0.39, 0.29) is 31.3 Å². The monoisotopic (exact) mass is 477 g/mol. The Hall–Kier alpha value is -3.64. The Morgan fingerprint density at radius 1 is 0.941 bits per heavy atom. The Labute approximate surface area is 203 Å².